The lowest BCUT2D eigenvalue weighted by molar-refractivity contribution is 0.0951. The van der Waals surface area contributed by atoms with Crippen LogP contribution in [0.25, 0.3) is 0 Å². The Labute approximate surface area is 192 Å². The van der Waals surface area contributed by atoms with E-state index in [-0.39, 0.29) is 11.7 Å². The molecule has 2 aromatic rings. The predicted octanol–water partition coefficient (Wildman–Crippen LogP) is 2.54. The van der Waals surface area contributed by atoms with E-state index >= 15 is 0 Å². The fourth-order valence-corrected chi connectivity index (χ4v) is 5.33. The molecule has 32 heavy (non-hydrogen) atoms. The first-order valence-corrected chi connectivity index (χ1v) is 12.8. The SMILES string of the molecule is CCN(CC)c1ccc(CNC(=O)c2ccc(CS(=O)(=O)N3CCN(C)CC3)cc2)cc1. The predicted molar refractivity (Wildman–Crippen MR) is 129 cm³/mol. The van der Waals surface area contributed by atoms with Crippen molar-refractivity contribution in [1.29, 1.82) is 0 Å². The van der Waals surface area contributed by atoms with Gasteiger partial charge in [0, 0.05) is 57.1 Å². The standard InChI is InChI=1S/C24H34N4O3S/c1-4-27(5-2)23-12-8-20(9-13-23)18-25-24(29)22-10-6-21(7-11-22)19-32(30,31)28-16-14-26(3)15-17-28/h6-13H,4-5,14-19H2,1-3H3,(H,25,29). The van der Waals surface area contributed by atoms with Gasteiger partial charge in [-0.15, -0.1) is 0 Å². The Hall–Kier alpha value is -2.42. The molecule has 2 aromatic carbocycles. The highest BCUT2D eigenvalue weighted by molar-refractivity contribution is 7.88. The van der Waals surface area contributed by atoms with Crippen molar-refractivity contribution < 1.29 is 13.2 Å². The number of rotatable bonds is 9. The molecule has 1 aliphatic rings. The number of carbonyl (C=O) groups excluding carboxylic acids is 1. The summed E-state index contributed by atoms with van der Waals surface area (Å²) >= 11 is 0. The van der Waals surface area contributed by atoms with Gasteiger partial charge >= 0.3 is 0 Å². The lowest BCUT2D eigenvalue weighted by atomic mass is 10.1. The minimum absolute atomic E-state index is 0.0441. The Morgan fingerprint density at radius 2 is 1.47 bits per heavy atom. The third-order valence-corrected chi connectivity index (χ3v) is 7.79. The molecule has 0 bridgehead atoms. The smallest absolute Gasteiger partial charge is 0.251 e. The van der Waals surface area contributed by atoms with Gasteiger partial charge in [-0.3, -0.25) is 4.79 Å². The van der Waals surface area contributed by atoms with Crippen molar-refractivity contribution in [2.75, 3.05) is 51.2 Å². The first-order valence-electron chi connectivity index (χ1n) is 11.2. The van der Waals surface area contributed by atoms with Gasteiger partial charge in [0.15, 0.2) is 0 Å². The molecule has 1 N–H and O–H groups in total. The quantitative estimate of drug-likeness (QED) is 0.625. The zero-order chi connectivity index (χ0) is 23.1. The van der Waals surface area contributed by atoms with Crippen LogP contribution >= 0.6 is 0 Å². The second kappa shape index (κ2) is 10.9. The molecule has 0 aromatic heterocycles. The van der Waals surface area contributed by atoms with Crippen LogP contribution < -0.4 is 10.2 Å². The number of hydrogen-bond acceptors (Lipinski definition) is 5. The summed E-state index contributed by atoms with van der Waals surface area (Å²) in [4.78, 5) is 16.9. The maximum Gasteiger partial charge on any atom is 0.251 e. The molecule has 1 saturated heterocycles. The highest BCUT2D eigenvalue weighted by Crippen LogP contribution is 2.16. The van der Waals surface area contributed by atoms with Crippen LogP contribution in [0.2, 0.25) is 0 Å². The van der Waals surface area contributed by atoms with Gasteiger partial charge in [-0.1, -0.05) is 24.3 Å². The summed E-state index contributed by atoms with van der Waals surface area (Å²) in [5.74, 6) is -0.219. The number of nitrogens with one attached hydrogen (secondary N) is 1. The van der Waals surface area contributed by atoms with Gasteiger partial charge in [-0.05, 0) is 56.3 Å². The average molecular weight is 459 g/mol. The fourth-order valence-electron chi connectivity index (χ4n) is 3.82. The number of nitrogens with zero attached hydrogens (tertiary/aromatic N) is 3. The number of anilines is 1. The van der Waals surface area contributed by atoms with Crippen molar-refractivity contribution in [3.05, 3.63) is 65.2 Å². The molecule has 1 fully saturated rings. The number of amides is 1. The molecule has 8 heteroatoms. The van der Waals surface area contributed by atoms with E-state index in [1.54, 1.807) is 28.6 Å². The molecule has 3 rings (SSSR count). The van der Waals surface area contributed by atoms with Crippen LogP contribution in [0.1, 0.15) is 35.3 Å². The zero-order valence-corrected chi connectivity index (χ0v) is 20.1. The van der Waals surface area contributed by atoms with Gasteiger partial charge < -0.3 is 15.1 Å². The Balaban J connectivity index is 1.53. The second-order valence-corrected chi connectivity index (χ2v) is 10.1. The summed E-state index contributed by atoms with van der Waals surface area (Å²) in [5.41, 5.74) is 3.41. The van der Waals surface area contributed by atoms with E-state index in [0.717, 1.165) is 31.7 Å². The van der Waals surface area contributed by atoms with Gasteiger partial charge in [0.2, 0.25) is 10.0 Å². The Morgan fingerprint density at radius 3 is 2.03 bits per heavy atom. The Bertz CT molecular complexity index is 979. The van der Waals surface area contributed by atoms with E-state index in [1.807, 2.05) is 19.2 Å². The van der Waals surface area contributed by atoms with E-state index in [4.69, 9.17) is 0 Å². The summed E-state index contributed by atoms with van der Waals surface area (Å²) in [6.45, 7) is 9.16. The van der Waals surface area contributed by atoms with Crippen molar-refractivity contribution in [1.82, 2.24) is 14.5 Å². The fraction of sp³-hybridized carbons (Fsp3) is 0.458. The van der Waals surface area contributed by atoms with Crippen molar-refractivity contribution in [3.63, 3.8) is 0 Å². The molecule has 0 spiro atoms. The second-order valence-electron chi connectivity index (χ2n) is 8.18. The largest absolute Gasteiger partial charge is 0.372 e. The van der Waals surface area contributed by atoms with Crippen LogP contribution in [0.15, 0.2) is 48.5 Å². The summed E-state index contributed by atoms with van der Waals surface area (Å²) in [6, 6.07) is 15.0. The number of carbonyl (C=O) groups is 1. The van der Waals surface area contributed by atoms with Crippen LogP contribution in [0.4, 0.5) is 5.69 Å². The number of hydrogen-bond donors (Lipinski definition) is 1. The summed E-state index contributed by atoms with van der Waals surface area (Å²) in [6.07, 6.45) is 0. The molecular weight excluding hydrogens is 424 g/mol. The van der Waals surface area contributed by atoms with Crippen LogP contribution in [0.5, 0.6) is 0 Å². The van der Waals surface area contributed by atoms with Gasteiger partial charge in [0.1, 0.15) is 0 Å². The minimum atomic E-state index is -3.35. The van der Waals surface area contributed by atoms with Crippen LogP contribution in [-0.4, -0.2) is 69.8 Å². The molecule has 0 aliphatic carbocycles. The lowest BCUT2D eigenvalue weighted by Gasteiger charge is -2.31. The lowest BCUT2D eigenvalue weighted by Crippen LogP contribution is -2.47. The van der Waals surface area contributed by atoms with E-state index < -0.39 is 10.0 Å². The molecule has 174 valence electrons. The molecule has 7 nitrogen and oxygen atoms in total. The Kier molecular flexibility index (Phi) is 8.28. The molecule has 0 saturated carbocycles. The van der Waals surface area contributed by atoms with Crippen LogP contribution in [0, 0.1) is 0 Å². The van der Waals surface area contributed by atoms with Crippen molar-refractivity contribution >= 4 is 21.6 Å². The van der Waals surface area contributed by atoms with Gasteiger partial charge in [0.25, 0.3) is 5.91 Å². The normalized spacial score (nSPS) is 15.5. The Morgan fingerprint density at radius 1 is 0.906 bits per heavy atom. The third-order valence-electron chi connectivity index (χ3n) is 5.94. The summed E-state index contributed by atoms with van der Waals surface area (Å²) in [5, 5.41) is 2.93. The first kappa shape index (κ1) is 24.2. The highest BCUT2D eigenvalue weighted by Gasteiger charge is 2.25. The van der Waals surface area contributed by atoms with Crippen molar-refractivity contribution in [2.45, 2.75) is 26.1 Å². The average Bonchev–Trinajstić information content (AvgIpc) is 2.79. The molecule has 0 atom stereocenters. The zero-order valence-electron chi connectivity index (χ0n) is 19.3. The van der Waals surface area contributed by atoms with Crippen molar-refractivity contribution in [3.8, 4) is 0 Å². The topological polar surface area (TPSA) is 73.0 Å². The number of benzene rings is 2. The minimum Gasteiger partial charge on any atom is -0.372 e. The summed E-state index contributed by atoms with van der Waals surface area (Å²) in [7, 11) is -1.36. The maximum absolute atomic E-state index is 12.7. The maximum atomic E-state index is 12.7. The molecule has 0 unspecified atom stereocenters. The highest BCUT2D eigenvalue weighted by atomic mass is 32.2. The number of piperazine rings is 1. The summed E-state index contributed by atoms with van der Waals surface area (Å²) < 4.78 is 26.9. The van der Waals surface area contributed by atoms with Gasteiger partial charge in [-0.2, -0.15) is 4.31 Å². The molecular formula is C24H34N4O3S. The van der Waals surface area contributed by atoms with Gasteiger partial charge in [-0.25, -0.2) is 8.42 Å². The third kappa shape index (κ3) is 6.31. The number of likely N-dealkylation sites (N-methyl/N-ethyl adjacent to an activating group) is 1. The van der Waals surface area contributed by atoms with Crippen molar-refractivity contribution in [2.24, 2.45) is 0 Å². The van der Waals surface area contributed by atoms with E-state index in [2.05, 4.69) is 41.1 Å². The number of sulfonamides is 1. The molecule has 1 aliphatic heterocycles. The van der Waals surface area contributed by atoms with E-state index in [1.165, 1.54) is 5.69 Å². The molecule has 1 amide bonds. The van der Waals surface area contributed by atoms with Crippen LogP contribution in [-0.2, 0) is 22.3 Å². The first-order chi connectivity index (χ1) is 15.3. The monoisotopic (exact) mass is 458 g/mol. The molecule has 0 radical (unpaired) electrons. The van der Waals surface area contributed by atoms with Crippen LogP contribution in [0.3, 0.4) is 0 Å². The van der Waals surface area contributed by atoms with Gasteiger partial charge in [0.05, 0.1) is 5.75 Å². The molecule has 1 heterocycles. The van der Waals surface area contributed by atoms with E-state index in [0.29, 0.717) is 30.8 Å². The van der Waals surface area contributed by atoms with E-state index in [9.17, 15) is 13.2 Å².